The van der Waals surface area contributed by atoms with Crippen LogP contribution in [0.1, 0.15) is 38.5 Å². The highest BCUT2D eigenvalue weighted by atomic mass is 19.4. The van der Waals surface area contributed by atoms with Crippen LogP contribution in [0.5, 0.6) is 0 Å². The van der Waals surface area contributed by atoms with Gasteiger partial charge in [0.15, 0.2) is 0 Å². The van der Waals surface area contributed by atoms with Crippen LogP contribution < -0.4 is 10.9 Å². The van der Waals surface area contributed by atoms with Crippen LogP contribution in [0.15, 0.2) is 65.6 Å². The van der Waals surface area contributed by atoms with Gasteiger partial charge in [-0.1, -0.05) is 12.1 Å². The number of halogens is 7. The highest BCUT2D eigenvalue weighted by molar-refractivity contribution is 5.93. The molecule has 1 atom stereocenters. The molecule has 0 saturated heterocycles. The van der Waals surface area contributed by atoms with Crippen molar-refractivity contribution >= 4 is 5.91 Å². The van der Waals surface area contributed by atoms with Crippen LogP contribution in [-0.4, -0.2) is 24.0 Å². The zero-order chi connectivity index (χ0) is 26.5. The van der Waals surface area contributed by atoms with E-state index in [0.29, 0.717) is 17.7 Å². The number of hydrogen-bond donors (Lipinski definition) is 2. The molecule has 3 rings (SSSR count). The minimum atomic E-state index is -4.99. The molecule has 2 N–H and O–H groups in total. The topological polar surface area (TPSA) is 71.2 Å². The second kappa shape index (κ2) is 10.9. The highest BCUT2D eigenvalue weighted by Gasteiger charge is 2.36. The molecule has 1 aromatic heterocycles. The van der Waals surface area contributed by atoms with E-state index >= 15 is 0 Å². The third-order valence-corrected chi connectivity index (χ3v) is 5.12. The molecule has 1 heterocycles. The van der Waals surface area contributed by atoms with Gasteiger partial charge >= 0.3 is 12.4 Å². The number of ether oxygens (including phenoxy) is 1. The first kappa shape index (κ1) is 26.9. The number of benzene rings is 2. The fourth-order valence-corrected chi connectivity index (χ4v) is 3.33. The molecule has 0 radical (unpaired) electrons. The maximum Gasteiger partial charge on any atom is 0.416 e. The largest absolute Gasteiger partial charge is 0.416 e. The van der Waals surface area contributed by atoms with E-state index in [-0.39, 0.29) is 30.3 Å². The Morgan fingerprint density at radius 3 is 2.08 bits per heavy atom. The molecule has 5 nitrogen and oxygen atoms in total. The van der Waals surface area contributed by atoms with Gasteiger partial charge in [-0.05, 0) is 47.5 Å². The van der Waals surface area contributed by atoms with Crippen LogP contribution in [0.2, 0.25) is 0 Å². The number of aromatic nitrogens is 1. The normalized spacial score (nSPS) is 12.9. The number of alkyl halides is 6. The first-order valence-electron chi connectivity index (χ1n) is 10.4. The number of hydrogen-bond acceptors (Lipinski definition) is 3. The Kier molecular flexibility index (Phi) is 8.18. The number of pyridine rings is 1. The molecule has 1 unspecified atom stereocenters. The Balaban J connectivity index is 1.75. The second-order valence-corrected chi connectivity index (χ2v) is 7.83. The number of aromatic amines is 1. The Morgan fingerprint density at radius 1 is 0.917 bits per heavy atom. The Labute approximate surface area is 199 Å². The van der Waals surface area contributed by atoms with Crippen molar-refractivity contribution in [2.24, 2.45) is 0 Å². The van der Waals surface area contributed by atoms with Crippen molar-refractivity contribution < 1.29 is 40.3 Å². The zero-order valence-electron chi connectivity index (χ0n) is 18.3. The third-order valence-electron chi connectivity index (χ3n) is 5.12. The first-order valence-corrected chi connectivity index (χ1v) is 10.4. The summed E-state index contributed by atoms with van der Waals surface area (Å²) in [6, 6.07) is 8.73. The number of H-pyrrole nitrogens is 1. The molecule has 0 aliphatic heterocycles. The molecular formula is C24H19F7N2O3. The van der Waals surface area contributed by atoms with Gasteiger partial charge in [0.2, 0.25) is 5.56 Å². The lowest BCUT2D eigenvalue weighted by atomic mass is 9.99. The monoisotopic (exact) mass is 516 g/mol. The summed E-state index contributed by atoms with van der Waals surface area (Å²) in [4.78, 5) is 26.1. The minimum Gasteiger partial charge on any atom is -0.376 e. The summed E-state index contributed by atoms with van der Waals surface area (Å²) in [5.41, 5.74) is -3.20. The van der Waals surface area contributed by atoms with E-state index in [0.717, 1.165) is 18.2 Å². The summed E-state index contributed by atoms with van der Waals surface area (Å²) in [5, 5.41) is 2.58. The predicted molar refractivity (Wildman–Crippen MR) is 115 cm³/mol. The van der Waals surface area contributed by atoms with Crippen LogP contribution in [0.25, 0.3) is 0 Å². The van der Waals surface area contributed by atoms with E-state index < -0.39 is 53.3 Å². The van der Waals surface area contributed by atoms with Gasteiger partial charge in [-0.15, -0.1) is 0 Å². The van der Waals surface area contributed by atoms with Gasteiger partial charge in [0.1, 0.15) is 5.82 Å². The van der Waals surface area contributed by atoms with E-state index in [9.17, 15) is 40.3 Å². The standard InChI is InChI=1S/C24H19F7N2O3/c25-20-3-1-15(2-4-20)17(11-33-22(35)16-5-6-32-21(34)9-16)13-36-12-14-7-18(23(26,27)28)10-19(8-14)24(29,30)31/h1-10,17H,11-13H2,(H,32,34)(H,33,35). The molecule has 2 aromatic carbocycles. The van der Waals surface area contributed by atoms with E-state index in [1.54, 1.807) is 0 Å². The first-order chi connectivity index (χ1) is 16.8. The summed E-state index contributed by atoms with van der Waals surface area (Å²) in [6.07, 6.45) is -8.70. The molecule has 1 amide bonds. The second-order valence-electron chi connectivity index (χ2n) is 7.83. The Hall–Kier alpha value is -3.67. The number of carbonyl (C=O) groups is 1. The van der Waals surface area contributed by atoms with E-state index in [1.807, 2.05) is 0 Å². The molecule has 192 valence electrons. The average molecular weight is 516 g/mol. The van der Waals surface area contributed by atoms with Gasteiger partial charge in [0.25, 0.3) is 5.91 Å². The maximum atomic E-state index is 13.3. The summed E-state index contributed by atoms with van der Waals surface area (Å²) < 4.78 is 97.3. The van der Waals surface area contributed by atoms with Crippen LogP contribution in [0.4, 0.5) is 30.7 Å². The smallest absolute Gasteiger partial charge is 0.376 e. The zero-order valence-corrected chi connectivity index (χ0v) is 18.3. The molecule has 0 bridgehead atoms. The minimum absolute atomic E-state index is 0.0228. The fraction of sp³-hybridized carbons (Fsp3) is 0.250. The molecule has 3 aromatic rings. The predicted octanol–water partition coefficient (Wildman–Crippen LogP) is 5.28. The highest BCUT2D eigenvalue weighted by Crippen LogP contribution is 2.36. The van der Waals surface area contributed by atoms with Crippen LogP contribution in [0, 0.1) is 5.82 Å². The Morgan fingerprint density at radius 2 is 1.53 bits per heavy atom. The summed E-state index contributed by atoms with van der Waals surface area (Å²) in [5.74, 6) is -1.76. The van der Waals surface area contributed by atoms with Crippen LogP contribution in [0.3, 0.4) is 0 Å². The fourth-order valence-electron chi connectivity index (χ4n) is 3.33. The van der Waals surface area contributed by atoms with Gasteiger partial charge in [-0.25, -0.2) is 4.39 Å². The molecule has 0 fully saturated rings. The maximum absolute atomic E-state index is 13.3. The third kappa shape index (κ3) is 7.41. The van der Waals surface area contributed by atoms with Crippen molar-refractivity contribution in [1.29, 1.82) is 0 Å². The van der Waals surface area contributed by atoms with E-state index in [4.69, 9.17) is 4.74 Å². The van der Waals surface area contributed by atoms with Crippen molar-refractivity contribution in [3.8, 4) is 0 Å². The van der Waals surface area contributed by atoms with Crippen molar-refractivity contribution in [3.63, 3.8) is 0 Å². The number of rotatable bonds is 8. The van der Waals surface area contributed by atoms with Crippen molar-refractivity contribution in [3.05, 3.63) is 105 Å². The lowest BCUT2D eigenvalue weighted by Gasteiger charge is -2.19. The average Bonchev–Trinajstić information content (AvgIpc) is 2.80. The summed E-state index contributed by atoms with van der Waals surface area (Å²) in [7, 11) is 0. The Bertz CT molecular complexity index is 1220. The van der Waals surface area contributed by atoms with Gasteiger partial charge < -0.3 is 15.0 Å². The molecule has 0 aliphatic rings. The van der Waals surface area contributed by atoms with Crippen molar-refractivity contribution in [1.82, 2.24) is 10.3 Å². The van der Waals surface area contributed by atoms with Gasteiger partial charge in [0, 0.05) is 30.3 Å². The number of carbonyl (C=O) groups excluding carboxylic acids is 1. The quantitative estimate of drug-likeness (QED) is 0.400. The lowest BCUT2D eigenvalue weighted by Crippen LogP contribution is -2.31. The molecule has 0 spiro atoms. The van der Waals surface area contributed by atoms with E-state index in [1.165, 1.54) is 24.4 Å². The van der Waals surface area contributed by atoms with E-state index in [2.05, 4.69) is 10.3 Å². The van der Waals surface area contributed by atoms with Crippen LogP contribution >= 0.6 is 0 Å². The van der Waals surface area contributed by atoms with Crippen LogP contribution in [-0.2, 0) is 23.7 Å². The van der Waals surface area contributed by atoms with Gasteiger partial charge in [0.05, 0.1) is 24.3 Å². The SMILES string of the molecule is O=C(NCC(COCc1cc(C(F)(F)F)cc(C(F)(F)F)c1)c1ccc(F)cc1)c1cc[nH]c(=O)c1. The lowest BCUT2D eigenvalue weighted by molar-refractivity contribution is -0.143. The van der Waals surface area contributed by atoms with Crippen molar-refractivity contribution in [2.45, 2.75) is 24.9 Å². The number of amides is 1. The molecular weight excluding hydrogens is 497 g/mol. The van der Waals surface area contributed by atoms with Crippen molar-refractivity contribution in [2.75, 3.05) is 13.2 Å². The van der Waals surface area contributed by atoms with Gasteiger partial charge in [-0.3, -0.25) is 9.59 Å². The summed E-state index contributed by atoms with van der Waals surface area (Å²) in [6.45, 7) is -0.876. The summed E-state index contributed by atoms with van der Waals surface area (Å²) >= 11 is 0. The molecule has 36 heavy (non-hydrogen) atoms. The number of nitrogens with one attached hydrogen (secondary N) is 2. The molecule has 0 saturated carbocycles. The van der Waals surface area contributed by atoms with Gasteiger partial charge in [-0.2, -0.15) is 26.3 Å². The molecule has 12 heteroatoms. The molecule has 0 aliphatic carbocycles.